The van der Waals surface area contributed by atoms with E-state index in [0.29, 0.717) is 0 Å². The summed E-state index contributed by atoms with van der Waals surface area (Å²) in [5.41, 5.74) is 1.99. The van der Waals surface area contributed by atoms with Crippen LogP contribution in [0.25, 0.3) is 0 Å². The number of nitrogens with zero attached hydrogens (tertiary/aromatic N) is 2. The SMILES string of the molecule is CCOc1ccccc1N(CC(=O)N(Cc1ccccc1F)[C@@H](Cc1ccccc1)C(=O)NC)S(=O)(=O)c1ccc(C)cc1. The van der Waals surface area contributed by atoms with Gasteiger partial charge in [-0.2, -0.15) is 0 Å². The van der Waals surface area contributed by atoms with Crippen LogP contribution in [0, 0.1) is 12.7 Å². The maximum absolute atomic E-state index is 14.9. The van der Waals surface area contributed by atoms with E-state index in [1.807, 2.05) is 37.3 Å². The average molecular weight is 618 g/mol. The van der Waals surface area contributed by atoms with Gasteiger partial charge in [0.2, 0.25) is 11.8 Å². The zero-order chi connectivity index (χ0) is 31.7. The Morgan fingerprint density at radius 1 is 0.886 bits per heavy atom. The van der Waals surface area contributed by atoms with Crippen molar-refractivity contribution in [2.45, 2.75) is 37.8 Å². The number of rotatable bonds is 13. The molecule has 0 aromatic heterocycles. The summed E-state index contributed by atoms with van der Waals surface area (Å²) in [7, 11) is -2.84. The Balaban J connectivity index is 1.83. The number of benzene rings is 4. The van der Waals surface area contributed by atoms with Crippen molar-refractivity contribution in [1.29, 1.82) is 0 Å². The Hall–Kier alpha value is -4.70. The smallest absolute Gasteiger partial charge is 0.264 e. The lowest BCUT2D eigenvalue weighted by atomic mass is 10.0. The number of amides is 2. The Morgan fingerprint density at radius 2 is 1.52 bits per heavy atom. The molecule has 230 valence electrons. The molecule has 0 saturated heterocycles. The van der Waals surface area contributed by atoms with Gasteiger partial charge >= 0.3 is 0 Å². The number of carbonyl (C=O) groups is 2. The van der Waals surface area contributed by atoms with Gasteiger partial charge in [0, 0.05) is 25.6 Å². The molecule has 0 heterocycles. The molecular weight excluding hydrogens is 581 g/mol. The summed E-state index contributed by atoms with van der Waals surface area (Å²) < 4.78 is 50.0. The first-order valence-electron chi connectivity index (χ1n) is 14.2. The topological polar surface area (TPSA) is 96.0 Å². The van der Waals surface area contributed by atoms with Gasteiger partial charge in [-0.3, -0.25) is 13.9 Å². The van der Waals surface area contributed by atoms with Crippen LogP contribution in [0.15, 0.2) is 108 Å². The summed E-state index contributed by atoms with van der Waals surface area (Å²) in [5.74, 6) is -1.45. The molecule has 2 amide bonds. The molecule has 8 nitrogen and oxygen atoms in total. The number of aryl methyl sites for hydroxylation is 1. The lowest BCUT2D eigenvalue weighted by molar-refractivity contribution is -0.139. The fourth-order valence-corrected chi connectivity index (χ4v) is 6.25. The number of likely N-dealkylation sites (N-methyl/N-ethyl adjacent to an activating group) is 1. The Morgan fingerprint density at radius 3 is 2.18 bits per heavy atom. The molecule has 0 fully saturated rings. The van der Waals surface area contributed by atoms with E-state index in [-0.39, 0.29) is 41.5 Å². The summed E-state index contributed by atoms with van der Waals surface area (Å²) in [6.45, 7) is 2.94. The highest BCUT2D eigenvalue weighted by Crippen LogP contribution is 2.33. The number of hydrogen-bond acceptors (Lipinski definition) is 5. The second-order valence-corrected chi connectivity index (χ2v) is 12.0. The van der Waals surface area contributed by atoms with E-state index in [0.717, 1.165) is 15.4 Å². The molecule has 0 aliphatic heterocycles. The molecule has 0 spiro atoms. The first kappa shape index (κ1) is 32.2. The molecule has 4 aromatic carbocycles. The second kappa shape index (κ2) is 14.7. The van der Waals surface area contributed by atoms with E-state index >= 15 is 0 Å². The van der Waals surface area contributed by atoms with Crippen molar-refractivity contribution in [2.75, 3.05) is 24.5 Å². The number of anilines is 1. The van der Waals surface area contributed by atoms with Crippen molar-refractivity contribution in [3.05, 3.63) is 126 Å². The minimum absolute atomic E-state index is 0.0185. The molecule has 0 aliphatic rings. The van der Waals surface area contributed by atoms with E-state index in [1.165, 1.54) is 42.3 Å². The van der Waals surface area contributed by atoms with Crippen molar-refractivity contribution < 1.29 is 27.1 Å². The number of ether oxygens (including phenoxy) is 1. The number of sulfonamides is 1. The molecule has 0 radical (unpaired) electrons. The second-order valence-electron chi connectivity index (χ2n) is 10.2. The molecule has 0 unspecified atom stereocenters. The van der Waals surface area contributed by atoms with E-state index in [9.17, 15) is 22.4 Å². The predicted octanol–water partition coefficient (Wildman–Crippen LogP) is 5.11. The maximum atomic E-state index is 14.9. The fourth-order valence-electron chi connectivity index (χ4n) is 4.82. The van der Waals surface area contributed by atoms with Crippen molar-refractivity contribution in [3.63, 3.8) is 0 Å². The standard InChI is InChI=1S/C34H36FN3O5S/c1-4-43-32-17-11-10-16-30(32)38(44(41,42)28-20-18-25(2)19-21-28)24-33(39)37(23-27-14-8-9-15-29(27)35)31(34(40)36-3)22-26-12-6-5-7-13-26/h5-21,31H,4,22-24H2,1-3H3,(H,36,40)/t31-/m0/s1. The monoisotopic (exact) mass is 617 g/mol. The summed E-state index contributed by atoms with van der Waals surface area (Å²) in [6, 6.07) is 26.9. The van der Waals surface area contributed by atoms with Crippen LogP contribution in [0.2, 0.25) is 0 Å². The number of hydrogen-bond donors (Lipinski definition) is 1. The summed E-state index contributed by atoms with van der Waals surface area (Å²) >= 11 is 0. The summed E-state index contributed by atoms with van der Waals surface area (Å²) in [6.07, 6.45) is 0.126. The minimum atomic E-state index is -4.30. The zero-order valence-electron chi connectivity index (χ0n) is 24.9. The van der Waals surface area contributed by atoms with Gasteiger partial charge in [0.25, 0.3) is 10.0 Å². The maximum Gasteiger partial charge on any atom is 0.264 e. The fraction of sp³-hybridized carbons (Fsp3) is 0.235. The molecule has 0 aliphatic carbocycles. The molecule has 0 bridgehead atoms. The van der Waals surface area contributed by atoms with Crippen LogP contribution >= 0.6 is 0 Å². The third kappa shape index (κ3) is 7.62. The first-order valence-corrected chi connectivity index (χ1v) is 15.7. The van der Waals surface area contributed by atoms with Gasteiger partial charge in [-0.25, -0.2) is 12.8 Å². The summed E-state index contributed by atoms with van der Waals surface area (Å²) in [4.78, 5) is 28.9. The van der Waals surface area contributed by atoms with Crippen LogP contribution in [0.5, 0.6) is 5.75 Å². The molecular formula is C34H36FN3O5S. The van der Waals surface area contributed by atoms with Gasteiger partial charge < -0.3 is 15.0 Å². The van der Waals surface area contributed by atoms with E-state index in [2.05, 4.69) is 5.32 Å². The van der Waals surface area contributed by atoms with Crippen molar-refractivity contribution in [1.82, 2.24) is 10.2 Å². The van der Waals surface area contributed by atoms with Gasteiger partial charge in [-0.05, 0) is 49.7 Å². The van der Waals surface area contributed by atoms with Crippen LogP contribution < -0.4 is 14.4 Å². The Kier molecular flexibility index (Phi) is 10.7. The van der Waals surface area contributed by atoms with Gasteiger partial charge in [-0.15, -0.1) is 0 Å². The molecule has 4 aromatic rings. The van der Waals surface area contributed by atoms with Crippen LogP contribution in [0.1, 0.15) is 23.6 Å². The van der Waals surface area contributed by atoms with Crippen LogP contribution in [0.4, 0.5) is 10.1 Å². The first-order chi connectivity index (χ1) is 21.1. The molecule has 1 atom stereocenters. The van der Waals surface area contributed by atoms with Crippen molar-refractivity contribution >= 4 is 27.5 Å². The third-order valence-corrected chi connectivity index (χ3v) is 8.91. The molecule has 1 N–H and O–H groups in total. The molecule has 4 rings (SSSR count). The normalized spacial score (nSPS) is 11.8. The van der Waals surface area contributed by atoms with Gasteiger partial charge in [0.1, 0.15) is 24.2 Å². The Labute approximate surface area is 258 Å². The number of nitrogens with one attached hydrogen (secondary N) is 1. The Bertz CT molecular complexity index is 1680. The van der Waals surface area contributed by atoms with E-state index < -0.39 is 40.2 Å². The minimum Gasteiger partial charge on any atom is -0.492 e. The number of carbonyl (C=O) groups excluding carboxylic acids is 2. The predicted molar refractivity (Wildman–Crippen MR) is 168 cm³/mol. The van der Waals surface area contributed by atoms with E-state index in [1.54, 1.807) is 49.4 Å². The van der Waals surface area contributed by atoms with Gasteiger partial charge in [0.05, 0.1) is 17.2 Å². The van der Waals surface area contributed by atoms with Gasteiger partial charge in [-0.1, -0.05) is 78.4 Å². The molecule has 10 heteroatoms. The van der Waals surface area contributed by atoms with Gasteiger partial charge in [0.15, 0.2) is 0 Å². The number of para-hydroxylation sites is 2. The van der Waals surface area contributed by atoms with Crippen LogP contribution in [-0.2, 0) is 32.6 Å². The molecule has 44 heavy (non-hydrogen) atoms. The largest absolute Gasteiger partial charge is 0.492 e. The quantitative estimate of drug-likeness (QED) is 0.225. The average Bonchev–Trinajstić information content (AvgIpc) is 3.03. The molecule has 0 saturated carbocycles. The highest BCUT2D eigenvalue weighted by Gasteiger charge is 2.35. The highest BCUT2D eigenvalue weighted by atomic mass is 32.2. The lowest BCUT2D eigenvalue weighted by Gasteiger charge is -2.34. The van der Waals surface area contributed by atoms with Crippen molar-refractivity contribution in [2.24, 2.45) is 0 Å². The zero-order valence-corrected chi connectivity index (χ0v) is 25.8. The summed E-state index contributed by atoms with van der Waals surface area (Å²) in [5, 5.41) is 2.61. The van der Waals surface area contributed by atoms with Crippen LogP contribution in [-0.4, -0.2) is 51.4 Å². The third-order valence-electron chi connectivity index (χ3n) is 7.14. The highest BCUT2D eigenvalue weighted by molar-refractivity contribution is 7.92. The number of halogens is 1. The van der Waals surface area contributed by atoms with E-state index in [4.69, 9.17) is 4.74 Å². The van der Waals surface area contributed by atoms with Crippen LogP contribution in [0.3, 0.4) is 0 Å². The lowest BCUT2D eigenvalue weighted by Crippen LogP contribution is -2.53. The van der Waals surface area contributed by atoms with Crippen molar-refractivity contribution in [3.8, 4) is 5.75 Å².